The fourth-order valence-corrected chi connectivity index (χ4v) is 1.78. The molecule has 1 heterocycles. The third-order valence-corrected chi connectivity index (χ3v) is 2.80. The number of rotatable bonds is 6. The topological polar surface area (TPSA) is 54.0 Å². The third kappa shape index (κ3) is 3.73. The van der Waals surface area contributed by atoms with Crippen molar-refractivity contribution in [3.8, 4) is 0 Å². The molecule has 0 saturated heterocycles. The molecule has 1 rings (SSSR count). The smallest absolute Gasteiger partial charge is 0.255 e. The summed E-state index contributed by atoms with van der Waals surface area (Å²) in [5, 5.41) is 6.04. The van der Waals surface area contributed by atoms with Gasteiger partial charge < -0.3 is 10.6 Å². The van der Waals surface area contributed by atoms with Gasteiger partial charge in [0, 0.05) is 31.2 Å². The Morgan fingerprint density at radius 3 is 2.82 bits per heavy atom. The molecule has 0 aliphatic rings. The summed E-state index contributed by atoms with van der Waals surface area (Å²) in [6, 6.07) is 2.05. The molecule has 0 aliphatic heterocycles. The molecular formula is C13H21N3O. The zero-order valence-corrected chi connectivity index (χ0v) is 10.8. The molecule has 1 aromatic heterocycles. The van der Waals surface area contributed by atoms with Gasteiger partial charge in [-0.1, -0.05) is 20.3 Å². The van der Waals surface area contributed by atoms with Gasteiger partial charge in [-0.3, -0.25) is 9.78 Å². The van der Waals surface area contributed by atoms with Crippen LogP contribution in [0.2, 0.25) is 0 Å². The summed E-state index contributed by atoms with van der Waals surface area (Å²) in [5.74, 6) is -0.0530. The van der Waals surface area contributed by atoms with E-state index in [0.717, 1.165) is 24.9 Å². The molecule has 4 heteroatoms. The monoisotopic (exact) mass is 235 g/mol. The van der Waals surface area contributed by atoms with Gasteiger partial charge in [0.1, 0.15) is 0 Å². The molecule has 0 spiro atoms. The lowest BCUT2D eigenvalue weighted by molar-refractivity contribution is 0.0934. The number of hydrogen-bond acceptors (Lipinski definition) is 3. The number of pyridine rings is 1. The largest absolute Gasteiger partial charge is 0.387 e. The average molecular weight is 235 g/mol. The normalized spacial score (nSPS) is 11.9. The number of nitrogens with zero attached hydrogens (tertiary/aromatic N) is 1. The second kappa shape index (κ2) is 6.89. The van der Waals surface area contributed by atoms with E-state index in [1.165, 1.54) is 0 Å². The Balaban J connectivity index is 2.75. The van der Waals surface area contributed by atoms with Crippen molar-refractivity contribution in [3.63, 3.8) is 0 Å². The molecule has 1 atom stereocenters. The number of carbonyl (C=O) groups is 1. The van der Waals surface area contributed by atoms with Crippen molar-refractivity contribution in [2.75, 3.05) is 12.4 Å². The Kier molecular flexibility index (Phi) is 5.46. The summed E-state index contributed by atoms with van der Waals surface area (Å²) in [5.41, 5.74) is 1.41. The maximum atomic E-state index is 12.1. The molecule has 1 unspecified atom stereocenters. The zero-order valence-electron chi connectivity index (χ0n) is 10.8. The lowest BCUT2D eigenvalue weighted by Crippen LogP contribution is -2.34. The van der Waals surface area contributed by atoms with E-state index in [2.05, 4.69) is 29.5 Å². The Labute approximate surface area is 103 Å². The van der Waals surface area contributed by atoms with Crippen molar-refractivity contribution in [1.82, 2.24) is 10.3 Å². The van der Waals surface area contributed by atoms with Crippen molar-refractivity contribution in [2.24, 2.45) is 0 Å². The van der Waals surface area contributed by atoms with Crippen molar-refractivity contribution >= 4 is 11.6 Å². The van der Waals surface area contributed by atoms with Crippen LogP contribution in [-0.4, -0.2) is 24.0 Å². The minimum atomic E-state index is -0.0530. The summed E-state index contributed by atoms with van der Waals surface area (Å²) < 4.78 is 0. The number of anilines is 1. The molecule has 0 radical (unpaired) electrons. The van der Waals surface area contributed by atoms with Crippen LogP contribution in [0.25, 0.3) is 0 Å². The van der Waals surface area contributed by atoms with E-state index in [9.17, 15) is 4.79 Å². The summed E-state index contributed by atoms with van der Waals surface area (Å²) in [6.07, 6.45) is 6.31. The van der Waals surface area contributed by atoms with Crippen molar-refractivity contribution in [3.05, 3.63) is 24.0 Å². The molecule has 1 amide bonds. The van der Waals surface area contributed by atoms with Crippen LogP contribution >= 0.6 is 0 Å². The van der Waals surface area contributed by atoms with Crippen LogP contribution in [0.3, 0.4) is 0 Å². The van der Waals surface area contributed by atoms with Gasteiger partial charge in [0.25, 0.3) is 5.91 Å². The molecule has 1 aromatic rings. The Bertz CT molecular complexity index is 365. The first-order valence-electron chi connectivity index (χ1n) is 6.15. The van der Waals surface area contributed by atoms with E-state index in [1.54, 1.807) is 25.5 Å². The zero-order chi connectivity index (χ0) is 12.7. The second-order valence-corrected chi connectivity index (χ2v) is 4.04. The Morgan fingerprint density at radius 1 is 1.47 bits per heavy atom. The molecule has 2 N–H and O–H groups in total. The molecule has 94 valence electrons. The van der Waals surface area contributed by atoms with E-state index in [1.807, 2.05) is 0 Å². The van der Waals surface area contributed by atoms with Crippen LogP contribution in [0.4, 0.5) is 5.69 Å². The van der Waals surface area contributed by atoms with Crippen molar-refractivity contribution in [1.29, 1.82) is 0 Å². The fourth-order valence-electron chi connectivity index (χ4n) is 1.78. The third-order valence-electron chi connectivity index (χ3n) is 2.80. The molecule has 0 bridgehead atoms. The van der Waals surface area contributed by atoms with E-state index in [4.69, 9.17) is 0 Å². The van der Waals surface area contributed by atoms with Crippen LogP contribution in [0.1, 0.15) is 43.5 Å². The highest BCUT2D eigenvalue weighted by Gasteiger charge is 2.14. The summed E-state index contributed by atoms with van der Waals surface area (Å²) >= 11 is 0. The molecule has 17 heavy (non-hydrogen) atoms. The number of carbonyl (C=O) groups excluding carboxylic acids is 1. The Morgan fingerprint density at radius 2 is 2.24 bits per heavy atom. The van der Waals surface area contributed by atoms with Crippen LogP contribution < -0.4 is 10.6 Å². The lowest BCUT2D eigenvalue weighted by Gasteiger charge is -2.17. The summed E-state index contributed by atoms with van der Waals surface area (Å²) in [4.78, 5) is 16.1. The Hall–Kier alpha value is -1.58. The van der Waals surface area contributed by atoms with Crippen LogP contribution in [0.15, 0.2) is 18.5 Å². The van der Waals surface area contributed by atoms with E-state index in [0.29, 0.717) is 5.56 Å². The van der Waals surface area contributed by atoms with Crippen molar-refractivity contribution < 1.29 is 4.79 Å². The van der Waals surface area contributed by atoms with E-state index >= 15 is 0 Å². The highest BCUT2D eigenvalue weighted by Crippen LogP contribution is 2.13. The van der Waals surface area contributed by atoms with Gasteiger partial charge in [-0.2, -0.15) is 0 Å². The molecule has 4 nitrogen and oxygen atoms in total. The number of aromatic nitrogens is 1. The van der Waals surface area contributed by atoms with Gasteiger partial charge in [0.05, 0.1) is 5.56 Å². The van der Waals surface area contributed by atoms with Gasteiger partial charge in [-0.15, -0.1) is 0 Å². The highest BCUT2D eigenvalue weighted by molar-refractivity contribution is 5.99. The summed E-state index contributed by atoms with van der Waals surface area (Å²) in [6.45, 7) is 4.21. The minimum Gasteiger partial charge on any atom is -0.387 e. The quantitative estimate of drug-likeness (QED) is 0.796. The van der Waals surface area contributed by atoms with E-state index in [-0.39, 0.29) is 11.9 Å². The fraction of sp³-hybridized carbons (Fsp3) is 0.538. The minimum absolute atomic E-state index is 0.0530. The van der Waals surface area contributed by atoms with Crippen LogP contribution in [0, 0.1) is 0 Å². The first-order valence-corrected chi connectivity index (χ1v) is 6.15. The summed E-state index contributed by atoms with van der Waals surface area (Å²) in [7, 11) is 1.80. The second-order valence-electron chi connectivity index (χ2n) is 4.04. The molecule has 0 aromatic carbocycles. The number of amides is 1. The van der Waals surface area contributed by atoms with E-state index < -0.39 is 0 Å². The van der Waals surface area contributed by atoms with Gasteiger partial charge >= 0.3 is 0 Å². The highest BCUT2D eigenvalue weighted by atomic mass is 16.1. The first kappa shape index (κ1) is 13.5. The van der Waals surface area contributed by atoms with Crippen LogP contribution in [0.5, 0.6) is 0 Å². The average Bonchev–Trinajstić information content (AvgIpc) is 2.38. The SMILES string of the molecule is CCCC(CC)NC(=O)c1cnccc1NC. The maximum absolute atomic E-state index is 12.1. The van der Waals surface area contributed by atoms with Crippen molar-refractivity contribution in [2.45, 2.75) is 39.2 Å². The standard InChI is InChI=1S/C13H21N3O/c1-4-6-10(5-2)16-13(17)11-9-15-8-7-12(11)14-3/h7-10H,4-6H2,1-3H3,(H,14,15)(H,16,17). The van der Waals surface area contributed by atoms with Gasteiger partial charge in [0.2, 0.25) is 0 Å². The lowest BCUT2D eigenvalue weighted by atomic mass is 10.1. The van der Waals surface area contributed by atoms with Gasteiger partial charge in [0.15, 0.2) is 0 Å². The predicted octanol–water partition coefficient (Wildman–Crippen LogP) is 2.43. The molecule has 0 saturated carbocycles. The van der Waals surface area contributed by atoms with Gasteiger partial charge in [-0.25, -0.2) is 0 Å². The maximum Gasteiger partial charge on any atom is 0.255 e. The van der Waals surface area contributed by atoms with Crippen LogP contribution in [-0.2, 0) is 0 Å². The first-order chi connectivity index (χ1) is 8.22. The number of nitrogens with one attached hydrogen (secondary N) is 2. The molecule has 0 aliphatic carbocycles. The number of hydrogen-bond donors (Lipinski definition) is 2. The molecular weight excluding hydrogens is 214 g/mol. The predicted molar refractivity (Wildman–Crippen MR) is 70.2 cm³/mol. The van der Waals surface area contributed by atoms with Gasteiger partial charge in [-0.05, 0) is 18.9 Å². The molecule has 0 fully saturated rings.